The summed E-state index contributed by atoms with van der Waals surface area (Å²) >= 11 is 0. The van der Waals surface area contributed by atoms with Crippen LogP contribution < -0.4 is 4.90 Å². The Labute approximate surface area is 120 Å². The summed E-state index contributed by atoms with van der Waals surface area (Å²) in [5.74, 6) is 0.928. The van der Waals surface area contributed by atoms with Gasteiger partial charge in [-0.05, 0) is 13.0 Å². The first-order valence-electron chi connectivity index (χ1n) is 6.74. The van der Waals surface area contributed by atoms with Gasteiger partial charge in [0, 0.05) is 25.0 Å². The molecule has 7 nitrogen and oxygen atoms in total. The molecule has 0 amide bonds. The molecule has 1 aliphatic heterocycles. The predicted molar refractivity (Wildman–Crippen MR) is 76.8 cm³/mol. The van der Waals surface area contributed by atoms with Gasteiger partial charge in [0.2, 0.25) is 0 Å². The molecule has 0 radical (unpaired) electrons. The standard InChI is InChI=1S/C14H13N7/c1-9-2-12-13(19-9)14(17-8-16-12)20-6-11(7-20)21-5-10(3-15)4-18-21/h2,4-5,8,11,19H,6-7H2,1H3. The number of H-pyrrole nitrogens is 1. The monoisotopic (exact) mass is 279 g/mol. The van der Waals surface area contributed by atoms with E-state index < -0.39 is 0 Å². The highest BCUT2D eigenvalue weighted by Crippen LogP contribution is 2.30. The number of nitrogens with one attached hydrogen (secondary N) is 1. The van der Waals surface area contributed by atoms with Crippen molar-refractivity contribution in [3.8, 4) is 6.07 Å². The molecule has 0 bridgehead atoms. The fraction of sp³-hybridized carbons (Fsp3) is 0.286. The molecule has 3 aromatic rings. The number of hydrogen-bond acceptors (Lipinski definition) is 5. The zero-order valence-corrected chi connectivity index (χ0v) is 11.5. The number of hydrogen-bond donors (Lipinski definition) is 1. The summed E-state index contributed by atoms with van der Waals surface area (Å²) in [7, 11) is 0. The van der Waals surface area contributed by atoms with E-state index in [1.807, 2.05) is 17.7 Å². The minimum absolute atomic E-state index is 0.285. The molecular formula is C14H13N7. The Balaban J connectivity index is 1.58. The highest BCUT2D eigenvalue weighted by molar-refractivity contribution is 5.87. The van der Waals surface area contributed by atoms with Gasteiger partial charge in [-0.25, -0.2) is 9.97 Å². The lowest BCUT2D eigenvalue weighted by Gasteiger charge is -2.40. The summed E-state index contributed by atoms with van der Waals surface area (Å²) in [6.07, 6.45) is 4.98. The minimum atomic E-state index is 0.285. The zero-order chi connectivity index (χ0) is 14.4. The molecule has 1 fully saturated rings. The van der Waals surface area contributed by atoms with Crippen LogP contribution in [-0.2, 0) is 0 Å². The lowest BCUT2D eigenvalue weighted by atomic mass is 10.1. The highest BCUT2D eigenvalue weighted by atomic mass is 15.4. The Morgan fingerprint density at radius 3 is 3.00 bits per heavy atom. The van der Waals surface area contributed by atoms with Gasteiger partial charge in [0.1, 0.15) is 17.9 Å². The first-order chi connectivity index (χ1) is 10.2. The fourth-order valence-electron chi connectivity index (χ4n) is 2.69. The maximum atomic E-state index is 8.84. The summed E-state index contributed by atoms with van der Waals surface area (Å²) in [6, 6.07) is 4.40. The number of nitriles is 1. The summed E-state index contributed by atoms with van der Waals surface area (Å²) in [4.78, 5) is 14.2. The van der Waals surface area contributed by atoms with Crippen molar-refractivity contribution >= 4 is 16.9 Å². The SMILES string of the molecule is Cc1cc2ncnc(N3CC(n4cc(C#N)cn4)C3)c2[nH]1. The van der Waals surface area contributed by atoms with E-state index in [2.05, 4.69) is 31.0 Å². The quantitative estimate of drug-likeness (QED) is 0.766. The summed E-state index contributed by atoms with van der Waals surface area (Å²) < 4.78 is 1.85. The minimum Gasteiger partial charge on any atom is -0.354 e. The molecule has 0 saturated carbocycles. The smallest absolute Gasteiger partial charge is 0.156 e. The number of aromatic amines is 1. The normalized spacial score (nSPS) is 15.1. The second kappa shape index (κ2) is 4.31. The van der Waals surface area contributed by atoms with Gasteiger partial charge in [-0.15, -0.1) is 0 Å². The second-order valence-electron chi connectivity index (χ2n) is 5.29. The lowest BCUT2D eigenvalue weighted by molar-refractivity contribution is 0.366. The van der Waals surface area contributed by atoms with Crippen LogP contribution in [0.25, 0.3) is 11.0 Å². The maximum absolute atomic E-state index is 8.84. The van der Waals surface area contributed by atoms with Crippen LogP contribution in [0.1, 0.15) is 17.3 Å². The summed E-state index contributed by atoms with van der Waals surface area (Å²) in [6.45, 7) is 3.67. The van der Waals surface area contributed by atoms with Crippen LogP contribution in [0.3, 0.4) is 0 Å². The van der Waals surface area contributed by atoms with Crippen LogP contribution in [0.15, 0.2) is 24.8 Å². The number of fused-ring (bicyclic) bond motifs is 1. The van der Waals surface area contributed by atoms with Crippen LogP contribution in [0.2, 0.25) is 0 Å². The van der Waals surface area contributed by atoms with E-state index >= 15 is 0 Å². The van der Waals surface area contributed by atoms with Crippen molar-refractivity contribution in [3.05, 3.63) is 36.0 Å². The molecule has 21 heavy (non-hydrogen) atoms. The van der Waals surface area contributed by atoms with Crippen molar-refractivity contribution in [2.75, 3.05) is 18.0 Å². The predicted octanol–water partition coefficient (Wildman–Crippen LogP) is 1.40. The van der Waals surface area contributed by atoms with E-state index in [0.717, 1.165) is 35.6 Å². The molecule has 0 aliphatic carbocycles. The van der Waals surface area contributed by atoms with E-state index in [1.54, 1.807) is 18.7 Å². The Kier molecular flexibility index (Phi) is 2.44. The molecule has 0 atom stereocenters. The zero-order valence-electron chi connectivity index (χ0n) is 11.5. The highest BCUT2D eigenvalue weighted by Gasteiger charge is 2.31. The average molecular weight is 279 g/mol. The van der Waals surface area contributed by atoms with E-state index in [0.29, 0.717) is 5.56 Å². The third-order valence-electron chi connectivity index (χ3n) is 3.80. The molecule has 1 saturated heterocycles. The molecular weight excluding hydrogens is 266 g/mol. The largest absolute Gasteiger partial charge is 0.354 e. The van der Waals surface area contributed by atoms with Gasteiger partial charge in [-0.2, -0.15) is 10.4 Å². The molecule has 0 unspecified atom stereocenters. The summed E-state index contributed by atoms with van der Waals surface area (Å²) in [5.41, 5.74) is 3.59. The van der Waals surface area contributed by atoms with E-state index in [9.17, 15) is 0 Å². The van der Waals surface area contributed by atoms with E-state index in [-0.39, 0.29) is 6.04 Å². The Morgan fingerprint density at radius 1 is 1.38 bits per heavy atom. The van der Waals surface area contributed by atoms with Crippen LogP contribution in [0.4, 0.5) is 5.82 Å². The summed E-state index contributed by atoms with van der Waals surface area (Å²) in [5, 5.41) is 13.1. The van der Waals surface area contributed by atoms with Gasteiger partial charge in [-0.1, -0.05) is 0 Å². The number of aryl methyl sites for hydroxylation is 1. The van der Waals surface area contributed by atoms with Crippen molar-refractivity contribution in [3.63, 3.8) is 0 Å². The lowest BCUT2D eigenvalue weighted by Crippen LogP contribution is -2.48. The molecule has 1 N–H and O–H groups in total. The Bertz CT molecular complexity index is 848. The molecule has 4 heterocycles. The molecule has 1 aliphatic rings. The van der Waals surface area contributed by atoms with Gasteiger partial charge < -0.3 is 9.88 Å². The van der Waals surface area contributed by atoms with E-state index in [1.165, 1.54) is 0 Å². The van der Waals surface area contributed by atoms with Crippen molar-refractivity contribution in [2.24, 2.45) is 0 Å². The number of rotatable bonds is 2. The molecule has 0 spiro atoms. The number of anilines is 1. The molecule has 3 aromatic heterocycles. The van der Waals surface area contributed by atoms with Crippen LogP contribution in [0.5, 0.6) is 0 Å². The first kappa shape index (κ1) is 11.9. The van der Waals surface area contributed by atoms with Crippen molar-refractivity contribution in [1.82, 2.24) is 24.7 Å². The van der Waals surface area contributed by atoms with Crippen molar-refractivity contribution in [1.29, 1.82) is 5.26 Å². The van der Waals surface area contributed by atoms with Gasteiger partial charge in [-0.3, -0.25) is 4.68 Å². The Hall–Kier alpha value is -2.88. The van der Waals surface area contributed by atoms with Gasteiger partial charge in [0.25, 0.3) is 0 Å². The van der Waals surface area contributed by atoms with Gasteiger partial charge in [0.05, 0.1) is 23.3 Å². The van der Waals surface area contributed by atoms with Gasteiger partial charge >= 0.3 is 0 Å². The van der Waals surface area contributed by atoms with Crippen molar-refractivity contribution in [2.45, 2.75) is 13.0 Å². The molecule has 104 valence electrons. The van der Waals surface area contributed by atoms with Crippen molar-refractivity contribution < 1.29 is 0 Å². The van der Waals surface area contributed by atoms with Crippen LogP contribution in [0, 0.1) is 18.3 Å². The third kappa shape index (κ3) is 1.84. The van der Waals surface area contributed by atoms with Crippen LogP contribution in [-0.4, -0.2) is 37.8 Å². The number of aromatic nitrogens is 5. The Morgan fingerprint density at radius 2 is 2.24 bits per heavy atom. The van der Waals surface area contributed by atoms with Crippen LogP contribution >= 0.6 is 0 Å². The molecule has 4 rings (SSSR count). The molecule has 7 heteroatoms. The average Bonchev–Trinajstić information content (AvgIpc) is 3.03. The number of nitrogens with zero attached hydrogens (tertiary/aromatic N) is 6. The topological polar surface area (TPSA) is 86.4 Å². The fourth-order valence-corrected chi connectivity index (χ4v) is 2.69. The molecule has 0 aromatic carbocycles. The second-order valence-corrected chi connectivity index (χ2v) is 5.29. The third-order valence-corrected chi connectivity index (χ3v) is 3.80. The first-order valence-corrected chi connectivity index (χ1v) is 6.74. The van der Waals surface area contributed by atoms with E-state index in [4.69, 9.17) is 5.26 Å². The maximum Gasteiger partial charge on any atom is 0.156 e. The van der Waals surface area contributed by atoms with Gasteiger partial charge in [0.15, 0.2) is 5.82 Å².